The van der Waals surface area contributed by atoms with Gasteiger partial charge in [0.25, 0.3) is 0 Å². The highest BCUT2D eigenvalue weighted by molar-refractivity contribution is 5.90. The van der Waals surface area contributed by atoms with Gasteiger partial charge < -0.3 is 15.0 Å². The molecular weight excluding hydrogens is 276 g/mol. The number of ether oxygens (including phenoxy) is 1. The van der Waals surface area contributed by atoms with Gasteiger partial charge >= 0.3 is 6.03 Å². The van der Waals surface area contributed by atoms with Gasteiger partial charge in [-0.15, -0.1) is 0 Å². The standard InChI is InChI=1S/C18H22N2O2/c1-3-20(4-2)18(21)19-17-13-9-8-10-15(17)14-22-16-11-6-5-7-12-16/h5-13H,3-4,14H2,1-2H3,(H,19,21). The Bertz CT molecular complexity index is 595. The Labute approximate surface area is 131 Å². The number of benzene rings is 2. The van der Waals surface area contributed by atoms with Crippen molar-refractivity contribution < 1.29 is 9.53 Å². The minimum atomic E-state index is -0.0860. The predicted molar refractivity (Wildman–Crippen MR) is 89.2 cm³/mol. The quantitative estimate of drug-likeness (QED) is 0.871. The normalized spacial score (nSPS) is 10.1. The van der Waals surface area contributed by atoms with Crippen molar-refractivity contribution >= 4 is 11.7 Å². The molecule has 0 aliphatic rings. The molecule has 0 heterocycles. The summed E-state index contributed by atoms with van der Waals surface area (Å²) in [5, 5.41) is 2.96. The molecule has 22 heavy (non-hydrogen) atoms. The Kier molecular flexibility index (Phi) is 5.83. The summed E-state index contributed by atoms with van der Waals surface area (Å²) in [6.07, 6.45) is 0. The maximum atomic E-state index is 12.2. The largest absolute Gasteiger partial charge is 0.489 e. The summed E-state index contributed by atoms with van der Waals surface area (Å²) in [6, 6.07) is 17.3. The van der Waals surface area contributed by atoms with Crippen LogP contribution in [0.3, 0.4) is 0 Å². The lowest BCUT2D eigenvalue weighted by Gasteiger charge is -2.20. The van der Waals surface area contributed by atoms with Gasteiger partial charge in [-0.1, -0.05) is 36.4 Å². The summed E-state index contributed by atoms with van der Waals surface area (Å²) >= 11 is 0. The van der Waals surface area contributed by atoms with Gasteiger partial charge in [0.1, 0.15) is 12.4 Å². The van der Waals surface area contributed by atoms with E-state index in [1.807, 2.05) is 68.4 Å². The third kappa shape index (κ3) is 4.25. The Hall–Kier alpha value is -2.49. The van der Waals surface area contributed by atoms with E-state index in [4.69, 9.17) is 4.74 Å². The molecule has 1 N–H and O–H groups in total. The van der Waals surface area contributed by atoms with Crippen molar-refractivity contribution in [3.05, 3.63) is 60.2 Å². The number of hydrogen-bond acceptors (Lipinski definition) is 2. The minimum Gasteiger partial charge on any atom is -0.489 e. The smallest absolute Gasteiger partial charge is 0.321 e. The highest BCUT2D eigenvalue weighted by Gasteiger charge is 2.11. The highest BCUT2D eigenvalue weighted by atomic mass is 16.5. The van der Waals surface area contributed by atoms with Crippen LogP contribution in [-0.4, -0.2) is 24.0 Å². The van der Waals surface area contributed by atoms with Crippen molar-refractivity contribution in [3.63, 3.8) is 0 Å². The van der Waals surface area contributed by atoms with E-state index in [2.05, 4.69) is 5.32 Å². The fourth-order valence-corrected chi connectivity index (χ4v) is 2.15. The molecule has 2 amide bonds. The van der Waals surface area contributed by atoms with Crippen LogP contribution in [0.5, 0.6) is 5.75 Å². The zero-order valence-corrected chi connectivity index (χ0v) is 13.1. The summed E-state index contributed by atoms with van der Waals surface area (Å²) in [6.45, 7) is 5.72. The van der Waals surface area contributed by atoms with Crippen molar-refractivity contribution in [1.82, 2.24) is 4.90 Å². The van der Waals surface area contributed by atoms with Gasteiger partial charge in [0.2, 0.25) is 0 Å². The third-order valence-electron chi connectivity index (χ3n) is 3.45. The molecule has 0 aromatic heterocycles. The monoisotopic (exact) mass is 298 g/mol. The summed E-state index contributed by atoms with van der Waals surface area (Å²) in [5.41, 5.74) is 1.74. The molecule has 0 aliphatic heterocycles. The van der Waals surface area contributed by atoms with Crippen molar-refractivity contribution in [2.24, 2.45) is 0 Å². The molecule has 0 fully saturated rings. The average Bonchev–Trinajstić information content (AvgIpc) is 2.56. The Morgan fingerprint density at radius 1 is 1.00 bits per heavy atom. The van der Waals surface area contributed by atoms with E-state index >= 15 is 0 Å². The molecule has 2 aromatic rings. The molecule has 2 aromatic carbocycles. The van der Waals surface area contributed by atoms with E-state index in [0.717, 1.165) is 17.0 Å². The number of rotatable bonds is 6. The second-order valence-corrected chi connectivity index (χ2v) is 4.86. The molecule has 0 spiro atoms. The number of para-hydroxylation sites is 2. The topological polar surface area (TPSA) is 41.6 Å². The molecule has 4 nitrogen and oxygen atoms in total. The van der Waals surface area contributed by atoms with Crippen molar-refractivity contribution in [1.29, 1.82) is 0 Å². The van der Waals surface area contributed by atoms with E-state index in [1.165, 1.54) is 0 Å². The van der Waals surface area contributed by atoms with Crippen LogP contribution in [0.1, 0.15) is 19.4 Å². The zero-order valence-electron chi connectivity index (χ0n) is 13.1. The zero-order chi connectivity index (χ0) is 15.8. The molecule has 4 heteroatoms. The number of carbonyl (C=O) groups is 1. The number of anilines is 1. The molecular formula is C18H22N2O2. The lowest BCUT2D eigenvalue weighted by Crippen LogP contribution is -2.34. The predicted octanol–water partition coefficient (Wildman–Crippen LogP) is 4.14. The Balaban J connectivity index is 2.05. The molecule has 0 saturated carbocycles. The number of hydrogen-bond donors (Lipinski definition) is 1. The van der Waals surface area contributed by atoms with Gasteiger partial charge in [0, 0.05) is 24.3 Å². The van der Waals surface area contributed by atoms with Crippen molar-refractivity contribution in [3.8, 4) is 5.75 Å². The fourth-order valence-electron chi connectivity index (χ4n) is 2.15. The van der Waals surface area contributed by atoms with Crippen LogP contribution in [0.25, 0.3) is 0 Å². The molecule has 2 rings (SSSR count). The second kappa shape index (κ2) is 8.08. The van der Waals surface area contributed by atoms with Crippen LogP contribution in [0, 0.1) is 0 Å². The molecule has 0 atom stereocenters. The van der Waals surface area contributed by atoms with Crippen LogP contribution in [-0.2, 0) is 6.61 Å². The van der Waals surface area contributed by atoms with E-state index < -0.39 is 0 Å². The van der Waals surface area contributed by atoms with E-state index in [-0.39, 0.29) is 6.03 Å². The first-order valence-corrected chi connectivity index (χ1v) is 7.56. The van der Waals surface area contributed by atoms with Crippen molar-refractivity contribution in [2.45, 2.75) is 20.5 Å². The molecule has 0 radical (unpaired) electrons. The molecule has 0 bridgehead atoms. The van der Waals surface area contributed by atoms with Gasteiger partial charge in [0.05, 0.1) is 0 Å². The molecule has 116 valence electrons. The number of amides is 2. The van der Waals surface area contributed by atoms with Crippen LogP contribution in [0.4, 0.5) is 10.5 Å². The third-order valence-corrected chi connectivity index (χ3v) is 3.45. The summed E-state index contributed by atoms with van der Waals surface area (Å²) < 4.78 is 5.76. The number of nitrogens with one attached hydrogen (secondary N) is 1. The molecule has 0 aliphatic carbocycles. The number of nitrogens with zero attached hydrogens (tertiary/aromatic N) is 1. The number of urea groups is 1. The first kappa shape index (κ1) is 15.9. The van der Waals surface area contributed by atoms with Crippen molar-refractivity contribution in [2.75, 3.05) is 18.4 Å². The molecule has 0 unspecified atom stereocenters. The van der Waals surface area contributed by atoms with E-state index in [1.54, 1.807) is 4.90 Å². The van der Waals surface area contributed by atoms with E-state index in [0.29, 0.717) is 19.7 Å². The van der Waals surface area contributed by atoms with Gasteiger partial charge in [-0.3, -0.25) is 0 Å². The number of carbonyl (C=O) groups excluding carboxylic acids is 1. The SMILES string of the molecule is CCN(CC)C(=O)Nc1ccccc1COc1ccccc1. The summed E-state index contributed by atoms with van der Waals surface area (Å²) in [4.78, 5) is 13.9. The lowest BCUT2D eigenvalue weighted by atomic mass is 10.2. The van der Waals surface area contributed by atoms with Gasteiger partial charge in [-0.2, -0.15) is 0 Å². The summed E-state index contributed by atoms with van der Waals surface area (Å²) in [5.74, 6) is 0.812. The maximum absolute atomic E-state index is 12.2. The van der Waals surface area contributed by atoms with Gasteiger partial charge in [0.15, 0.2) is 0 Å². The highest BCUT2D eigenvalue weighted by Crippen LogP contribution is 2.19. The fraction of sp³-hybridized carbons (Fsp3) is 0.278. The minimum absolute atomic E-state index is 0.0860. The molecule has 0 saturated heterocycles. The Morgan fingerprint density at radius 2 is 1.64 bits per heavy atom. The van der Waals surface area contributed by atoms with Crippen LogP contribution in [0.15, 0.2) is 54.6 Å². The van der Waals surface area contributed by atoms with E-state index in [9.17, 15) is 4.79 Å². The van der Waals surface area contributed by atoms with Gasteiger partial charge in [-0.25, -0.2) is 4.79 Å². The first-order valence-electron chi connectivity index (χ1n) is 7.56. The van der Waals surface area contributed by atoms with Gasteiger partial charge in [-0.05, 0) is 32.0 Å². The Morgan fingerprint density at radius 3 is 2.32 bits per heavy atom. The van der Waals surface area contributed by atoms with Crippen LogP contribution < -0.4 is 10.1 Å². The average molecular weight is 298 g/mol. The first-order chi connectivity index (χ1) is 10.7. The maximum Gasteiger partial charge on any atom is 0.321 e. The van der Waals surface area contributed by atoms with Crippen LogP contribution >= 0.6 is 0 Å². The summed E-state index contributed by atoms with van der Waals surface area (Å²) in [7, 11) is 0. The van der Waals surface area contributed by atoms with Crippen LogP contribution in [0.2, 0.25) is 0 Å². The lowest BCUT2D eigenvalue weighted by molar-refractivity contribution is 0.217. The second-order valence-electron chi connectivity index (χ2n) is 4.86.